The van der Waals surface area contributed by atoms with Gasteiger partial charge in [0.2, 0.25) is 0 Å². The number of urea groups is 1. The number of benzene rings is 2. The second kappa shape index (κ2) is 7.85. The molecule has 2 aromatic carbocycles. The molecule has 0 aliphatic carbocycles. The summed E-state index contributed by atoms with van der Waals surface area (Å²) in [6.07, 6.45) is 4.08. The highest BCUT2D eigenvalue weighted by atomic mass is 19.1. The predicted octanol–water partition coefficient (Wildman–Crippen LogP) is 3.34. The zero-order valence-corrected chi connectivity index (χ0v) is 11.6. The number of halogens is 1. The van der Waals surface area contributed by atoms with Crippen molar-refractivity contribution < 1.29 is 9.18 Å². The van der Waals surface area contributed by atoms with Crippen molar-refractivity contribution in [2.45, 2.75) is 6.42 Å². The molecule has 0 unspecified atom stereocenters. The molecule has 0 aliphatic rings. The van der Waals surface area contributed by atoms with Crippen molar-refractivity contribution in [3.05, 3.63) is 77.7 Å². The van der Waals surface area contributed by atoms with Crippen LogP contribution in [-0.2, 0) is 6.42 Å². The molecule has 0 radical (unpaired) electrons. The van der Waals surface area contributed by atoms with Crippen molar-refractivity contribution in [2.24, 2.45) is 0 Å². The number of hydrogen-bond acceptors (Lipinski definition) is 1. The van der Waals surface area contributed by atoms with Crippen molar-refractivity contribution >= 4 is 12.1 Å². The molecule has 0 saturated carbocycles. The summed E-state index contributed by atoms with van der Waals surface area (Å²) in [5.74, 6) is -0.254. The third-order valence-corrected chi connectivity index (χ3v) is 2.90. The van der Waals surface area contributed by atoms with Gasteiger partial charge in [-0.3, -0.25) is 0 Å². The Labute approximate surface area is 123 Å². The lowest BCUT2D eigenvalue weighted by Gasteiger charge is -2.04. The molecule has 0 aliphatic heterocycles. The number of amides is 2. The maximum atomic E-state index is 12.7. The molecule has 0 fully saturated rings. The van der Waals surface area contributed by atoms with Crippen LogP contribution in [0.15, 0.2) is 60.8 Å². The highest BCUT2D eigenvalue weighted by Crippen LogP contribution is 2.02. The number of rotatable bonds is 5. The summed E-state index contributed by atoms with van der Waals surface area (Å²) < 4.78 is 12.7. The van der Waals surface area contributed by atoms with E-state index >= 15 is 0 Å². The van der Waals surface area contributed by atoms with Gasteiger partial charge in [0.15, 0.2) is 0 Å². The second-order valence-corrected chi connectivity index (χ2v) is 4.52. The van der Waals surface area contributed by atoms with Crippen molar-refractivity contribution in [3.8, 4) is 0 Å². The van der Waals surface area contributed by atoms with Crippen LogP contribution in [0.1, 0.15) is 11.1 Å². The standard InChI is InChI=1S/C17H17FN2O/c18-16-8-6-15(7-9-16)11-13-20-17(21)19-12-10-14-4-2-1-3-5-14/h1-10,12H,11,13H2,(H2,19,20,21)/b12-10+. The summed E-state index contributed by atoms with van der Waals surface area (Å²) >= 11 is 0. The monoisotopic (exact) mass is 284 g/mol. The first-order valence-corrected chi connectivity index (χ1v) is 6.74. The summed E-state index contributed by atoms with van der Waals surface area (Å²) in [7, 11) is 0. The normalized spacial score (nSPS) is 10.5. The van der Waals surface area contributed by atoms with Crippen LogP contribution in [0.3, 0.4) is 0 Å². The van der Waals surface area contributed by atoms with Crippen LogP contribution in [0.5, 0.6) is 0 Å². The molecular weight excluding hydrogens is 267 g/mol. The van der Waals surface area contributed by atoms with Crippen LogP contribution < -0.4 is 10.6 Å². The topological polar surface area (TPSA) is 41.1 Å². The SMILES string of the molecule is O=C(N/C=C/c1ccccc1)NCCc1ccc(F)cc1. The van der Waals surface area contributed by atoms with Gasteiger partial charge in [-0.05, 0) is 35.8 Å². The lowest BCUT2D eigenvalue weighted by Crippen LogP contribution is -2.33. The van der Waals surface area contributed by atoms with E-state index in [9.17, 15) is 9.18 Å². The number of carbonyl (C=O) groups is 1. The van der Waals surface area contributed by atoms with Crippen LogP contribution >= 0.6 is 0 Å². The predicted molar refractivity (Wildman–Crippen MR) is 82.1 cm³/mol. The lowest BCUT2D eigenvalue weighted by atomic mass is 10.1. The van der Waals surface area contributed by atoms with Crippen LogP contribution in [-0.4, -0.2) is 12.6 Å². The molecule has 0 spiro atoms. The molecule has 0 saturated heterocycles. The summed E-state index contributed by atoms with van der Waals surface area (Å²) in [5.41, 5.74) is 2.00. The van der Waals surface area contributed by atoms with Crippen LogP contribution in [0.4, 0.5) is 9.18 Å². The Morgan fingerprint density at radius 2 is 1.76 bits per heavy atom. The maximum absolute atomic E-state index is 12.7. The quantitative estimate of drug-likeness (QED) is 0.868. The lowest BCUT2D eigenvalue weighted by molar-refractivity contribution is 0.244. The van der Waals surface area contributed by atoms with Crippen LogP contribution in [0.25, 0.3) is 6.08 Å². The largest absolute Gasteiger partial charge is 0.338 e. The Morgan fingerprint density at radius 1 is 1.05 bits per heavy atom. The van der Waals surface area contributed by atoms with E-state index in [1.54, 1.807) is 18.3 Å². The fraction of sp³-hybridized carbons (Fsp3) is 0.118. The van der Waals surface area contributed by atoms with Gasteiger partial charge in [-0.25, -0.2) is 9.18 Å². The van der Waals surface area contributed by atoms with Gasteiger partial charge >= 0.3 is 6.03 Å². The van der Waals surface area contributed by atoms with Crippen LogP contribution in [0, 0.1) is 5.82 Å². The maximum Gasteiger partial charge on any atom is 0.318 e. The first kappa shape index (κ1) is 14.8. The van der Waals surface area contributed by atoms with Gasteiger partial charge in [-0.1, -0.05) is 42.5 Å². The molecule has 3 nitrogen and oxygen atoms in total. The fourth-order valence-corrected chi connectivity index (χ4v) is 1.80. The third-order valence-electron chi connectivity index (χ3n) is 2.90. The van der Waals surface area contributed by atoms with E-state index < -0.39 is 0 Å². The van der Waals surface area contributed by atoms with Crippen molar-refractivity contribution in [2.75, 3.05) is 6.54 Å². The zero-order chi connectivity index (χ0) is 14.9. The Hall–Kier alpha value is -2.62. The fourth-order valence-electron chi connectivity index (χ4n) is 1.80. The number of carbonyl (C=O) groups excluding carboxylic acids is 1. The minimum absolute atomic E-state index is 0.254. The first-order valence-electron chi connectivity index (χ1n) is 6.74. The van der Waals surface area contributed by atoms with Gasteiger partial charge < -0.3 is 10.6 Å². The van der Waals surface area contributed by atoms with Gasteiger partial charge in [0.05, 0.1) is 0 Å². The smallest absolute Gasteiger partial charge is 0.318 e. The molecule has 0 heterocycles. The Balaban J connectivity index is 1.68. The van der Waals surface area contributed by atoms with Gasteiger partial charge in [0, 0.05) is 12.7 Å². The third kappa shape index (κ3) is 5.48. The minimum atomic E-state index is -0.260. The molecule has 2 rings (SSSR count). The Bertz CT molecular complexity index is 594. The van der Waals surface area contributed by atoms with E-state index in [0.717, 1.165) is 11.1 Å². The van der Waals surface area contributed by atoms with Gasteiger partial charge in [-0.2, -0.15) is 0 Å². The molecule has 21 heavy (non-hydrogen) atoms. The Kier molecular flexibility index (Phi) is 5.52. The minimum Gasteiger partial charge on any atom is -0.338 e. The van der Waals surface area contributed by atoms with E-state index in [0.29, 0.717) is 13.0 Å². The van der Waals surface area contributed by atoms with E-state index in [2.05, 4.69) is 10.6 Å². The average Bonchev–Trinajstić information content (AvgIpc) is 2.50. The molecule has 0 aromatic heterocycles. The van der Waals surface area contributed by atoms with E-state index in [1.807, 2.05) is 36.4 Å². The molecular formula is C17H17FN2O. The van der Waals surface area contributed by atoms with Crippen molar-refractivity contribution in [3.63, 3.8) is 0 Å². The molecule has 0 bridgehead atoms. The summed E-state index contributed by atoms with van der Waals surface area (Å²) in [6, 6.07) is 15.7. The van der Waals surface area contributed by atoms with E-state index in [1.165, 1.54) is 12.1 Å². The molecule has 0 atom stereocenters. The first-order chi connectivity index (χ1) is 10.2. The zero-order valence-electron chi connectivity index (χ0n) is 11.6. The number of nitrogens with one attached hydrogen (secondary N) is 2. The Morgan fingerprint density at radius 3 is 2.48 bits per heavy atom. The van der Waals surface area contributed by atoms with Gasteiger partial charge in [0.25, 0.3) is 0 Å². The molecule has 4 heteroatoms. The molecule has 2 amide bonds. The van der Waals surface area contributed by atoms with Crippen LogP contribution in [0.2, 0.25) is 0 Å². The highest BCUT2D eigenvalue weighted by Gasteiger charge is 1.98. The summed E-state index contributed by atoms with van der Waals surface area (Å²) in [5, 5.41) is 5.37. The summed E-state index contributed by atoms with van der Waals surface area (Å²) in [4.78, 5) is 11.5. The van der Waals surface area contributed by atoms with Gasteiger partial charge in [-0.15, -0.1) is 0 Å². The van der Waals surface area contributed by atoms with Crippen molar-refractivity contribution in [1.82, 2.24) is 10.6 Å². The highest BCUT2D eigenvalue weighted by molar-refractivity contribution is 5.75. The van der Waals surface area contributed by atoms with Crippen molar-refractivity contribution in [1.29, 1.82) is 0 Å². The summed E-state index contributed by atoms with van der Waals surface area (Å²) in [6.45, 7) is 0.497. The molecule has 108 valence electrons. The van der Waals surface area contributed by atoms with E-state index in [-0.39, 0.29) is 11.8 Å². The van der Waals surface area contributed by atoms with E-state index in [4.69, 9.17) is 0 Å². The van der Waals surface area contributed by atoms with Gasteiger partial charge in [0.1, 0.15) is 5.82 Å². The second-order valence-electron chi connectivity index (χ2n) is 4.52. The molecule has 2 aromatic rings. The average molecular weight is 284 g/mol. The number of hydrogen-bond donors (Lipinski definition) is 2. The molecule has 2 N–H and O–H groups in total.